The van der Waals surface area contributed by atoms with Gasteiger partial charge in [0, 0.05) is 24.3 Å². The van der Waals surface area contributed by atoms with Gasteiger partial charge in [0.15, 0.2) is 11.5 Å². The van der Waals surface area contributed by atoms with Crippen molar-refractivity contribution in [3.63, 3.8) is 0 Å². The maximum Gasteiger partial charge on any atom is 0.251 e. The zero-order valence-electron chi connectivity index (χ0n) is 21.7. The first kappa shape index (κ1) is 25.0. The van der Waals surface area contributed by atoms with Gasteiger partial charge < -0.3 is 15.7 Å². The molecule has 1 saturated carbocycles. The van der Waals surface area contributed by atoms with Crippen LogP contribution in [0.15, 0.2) is 60.8 Å². The van der Waals surface area contributed by atoms with Gasteiger partial charge >= 0.3 is 0 Å². The van der Waals surface area contributed by atoms with Crippen LogP contribution in [0.25, 0.3) is 22.2 Å². The van der Waals surface area contributed by atoms with Gasteiger partial charge in [-0.1, -0.05) is 57.2 Å². The van der Waals surface area contributed by atoms with Crippen LogP contribution in [0.4, 0.5) is 5.82 Å². The topological polar surface area (TPSA) is 103 Å². The number of hydrogen-bond acceptors (Lipinski definition) is 5. The number of hydrogen-bond donors (Lipinski definition) is 4. The summed E-state index contributed by atoms with van der Waals surface area (Å²) in [5.41, 5.74) is 5.80. The smallest absolute Gasteiger partial charge is 0.251 e. The highest BCUT2D eigenvalue weighted by Gasteiger charge is 2.22. The largest absolute Gasteiger partial charge is 0.393 e. The fraction of sp³-hybridized carbons (Fsp3) is 0.367. The number of pyridine rings is 1. The molecule has 1 fully saturated rings. The quantitative estimate of drug-likeness (QED) is 0.279. The zero-order valence-corrected chi connectivity index (χ0v) is 21.7. The Morgan fingerprint density at radius 1 is 1.00 bits per heavy atom. The van der Waals surface area contributed by atoms with Crippen LogP contribution in [0.2, 0.25) is 0 Å². The number of nitrogens with zero attached hydrogens (tertiary/aromatic N) is 2. The summed E-state index contributed by atoms with van der Waals surface area (Å²) in [5, 5.41) is 24.9. The normalized spacial score (nSPS) is 18.1. The third-order valence-electron chi connectivity index (χ3n) is 7.23. The molecule has 0 radical (unpaired) electrons. The van der Waals surface area contributed by atoms with Crippen molar-refractivity contribution in [2.24, 2.45) is 0 Å². The third kappa shape index (κ3) is 5.67. The second kappa shape index (κ2) is 10.3. The van der Waals surface area contributed by atoms with Crippen LogP contribution in [0.3, 0.4) is 0 Å². The van der Waals surface area contributed by atoms with Gasteiger partial charge in [-0.15, -0.1) is 0 Å². The average Bonchev–Trinajstić information content (AvgIpc) is 3.31. The predicted molar refractivity (Wildman–Crippen MR) is 148 cm³/mol. The van der Waals surface area contributed by atoms with E-state index in [9.17, 15) is 9.90 Å². The molecule has 0 bridgehead atoms. The Kier molecular flexibility index (Phi) is 6.98. The number of aliphatic hydroxyl groups excluding tert-OH is 1. The minimum absolute atomic E-state index is 0.0594. The van der Waals surface area contributed by atoms with Crippen LogP contribution in [-0.4, -0.2) is 38.3 Å². The van der Waals surface area contributed by atoms with E-state index in [1.165, 1.54) is 5.56 Å². The van der Waals surface area contributed by atoms with E-state index >= 15 is 0 Å². The molecule has 4 aromatic rings. The van der Waals surface area contributed by atoms with Gasteiger partial charge in [0.05, 0.1) is 11.5 Å². The number of aromatic amines is 1. The van der Waals surface area contributed by atoms with Gasteiger partial charge in [-0.3, -0.25) is 9.89 Å². The molecule has 0 spiro atoms. The van der Waals surface area contributed by atoms with Crippen LogP contribution in [-0.2, 0) is 12.0 Å². The Morgan fingerprint density at radius 2 is 1.70 bits per heavy atom. The molecule has 2 aromatic carbocycles. The molecule has 192 valence electrons. The number of aromatic nitrogens is 3. The molecule has 0 unspecified atom stereocenters. The van der Waals surface area contributed by atoms with Crippen LogP contribution >= 0.6 is 0 Å². The number of anilines is 1. The van der Waals surface area contributed by atoms with Gasteiger partial charge in [0.1, 0.15) is 0 Å². The van der Waals surface area contributed by atoms with E-state index in [2.05, 4.69) is 58.7 Å². The summed E-state index contributed by atoms with van der Waals surface area (Å²) in [4.78, 5) is 17.1. The second-order valence-corrected chi connectivity index (χ2v) is 11.0. The first-order valence-corrected chi connectivity index (χ1v) is 13.0. The molecule has 1 aliphatic rings. The Balaban J connectivity index is 1.27. The fourth-order valence-corrected chi connectivity index (χ4v) is 4.92. The van der Waals surface area contributed by atoms with Crippen molar-refractivity contribution in [2.45, 2.75) is 70.6 Å². The first-order valence-electron chi connectivity index (χ1n) is 13.0. The number of amides is 1. The van der Waals surface area contributed by atoms with E-state index in [1.807, 2.05) is 42.5 Å². The zero-order chi connectivity index (χ0) is 26.0. The van der Waals surface area contributed by atoms with Crippen LogP contribution in [0.1, 0.15) is 67.9 Å². The van der Waals surface area contributed by atoms with Crippen molar-refractivity contribution >= 4 is 22.8 Å². The van der Waals surface area contributed by atoms with E-state index in [0.29, 0.717) is 18.2 Å². The lowest BCUT2D eigenvalue weighted by molar-refractivity contribution is 0.0951. The number of aliphatic hydroxyl groups is 1. The lowest BCUT2D eigenvalue weighted by Gasteiger charge is -2.26. The number of nitrogens with one attached hydrogen (secondary N) is 3. The summed E-state index contributed by atoms with van der Waals surface area (Å²) < 4.78 is 0. The van der Waals surface area contributed by atoms with Crippen molar-refractivity contribution in [3.05, 3.63) is 77.5 Å². The highest BCUT2D eigenvalue weighted by molar-refractivity contribution is 6.00. The van der Waals surface area contributed by atoms with Crippen LogP contribution in [0.5, 0.6) is 0 Å². The molecule has 1 aliphatic carbocycles. The molecule has 7 heteroatoms. The lowest BCUT2D eigenvalue weighted by Crippen LogP contribution is -2.28. The number of fused-ring (bicyclic) bond motifs is 1. The van der Waals surface area contributed by atoms with E-state index in [1.54, 1.807) is 6.20 Å². The molecule has 4 N–H and O–H groups in total. The molecule has 2 aromatic heterocycles. The minimum atomic E-state index is -0.191. The number of carbonyl (C=O) groups excluding carboxylic acids is 1. The summed E-state index contributed by atoms with van der Waals surface area (Å²) in [6.07, 6.45) is 5.06. The maximum absolute atomic E-state index is 12.7. The Hall–Kier alpha value is -3.71. The fourth-order valence-electron chi connectivity index (χ4n) is 4.92. The molecule has 7 nitrogen and oxygen atoms in total. The number of carbonyl (C=O) groups is 1. The van der Waals surface area contributed by atoms with E-state index in [-0.39, 0.29) is 17.4 Å². The lowest BCUT2D eigenvalue weighted by atomic mass is 9.87. The highest BCUT2D eigenvalue weighted by Crippen LogP contribution is 2.33. The second-order valence-electron chi connectivity index (χ2n) is 11.0. The van der Waals surface area contributed by atoms with Crippen molar-refractivity contribution in [3.8, 4) is 11.1 Å². The summed E-state index contributed by atoms with van der Waals surface area (Å²) >= 11 is 0. The summed E-state index contributed by atoms with van der Waals surface area (Å²) in [5.74, 6) is 0.720. The monoisotopic (exact) mass is 497 g/mol. The van der Waals surface area contributed by atoms with Crippen LogP contribution in [0, 0.1) is 0 Å². The molecular weight excluding hydrogens is 462 g/mol. The SMILES string of the molecule is CC(C)(C)c1ccc(C(=O)NCc2ccc(-c3ccnc4[nH]nc(N[C@H]5CC[C@H](O)CC5)c34)cc2)cc1. The van der Waals surface area contributed by atoms with Gasteiger partial charge in [-0.25, -0.2) is 4.98 Å². The number of rotatable bonds is 6. The predicted octanol–water partition coefficient (Wildman–Crippen LogP) is 5.57. The van der Waals surface area contributed by atoms with Crippen molar-refractivity contribution < 1.29 is 9.90 Å². The number of H-pyrrole nitrogens is 1. The minimum Gasteiger partial charge on any atom is -0.393 e. The summed E-state index contributed by atoms with van der Waals surface area (Å²) in [6, 6.07) is 18.3. The molecule has 5 rings (SSSR count). The van der Waals surface area contributed by atoms with E-state index in [0.717, 1.165) is 59.2 Å². The van der Waals surface area contributed by atoms with Gasteiger partial charge in [0.25, 0.3) is 5.91 Å². The Morgan fingerprint density at radius 3 is 2.38 bits per heavy atom. The molecule has 1 amide bonds. The van der Waals surface area contributed by atoms with Crippen LogP contribution < -0.4 is 10.6 Å². The molecule has 0 saturated heterocycles. The molecule has 2 heterocycles. The van der Waals surface area contributed by atoms with E-state index in [4.69, 9.17) is 0 Å². The standard InChI is InChI=1S/C30H35N5O2/c1-30(2,3)22-10-8-21(9-11-22)29(37)32-18-19-4-6-20(7-5-19)25-16-17-31-27-26(25)28(35-34-27)33-23-12-14-24(36)15-13-23/h4-11,16-17,23-24,36H,12-15,18H2,1-3H3,(H,32,37)(H2,31,33,34,35)/t23-,24-. The number of benzene rings is 2. The van der Waals surface area contributed by atoms with Gasteiger partial charge in [-0.05, 0) is 71.6 Å². The summed E-state index contributed by atoms with van der Waals surface area (Å²) in [7, 11) is 0. The van der Waals surface area contributed by atoms with Crippen molar-refractivity contribution in [1.29, 1.82) is 0 Å². The highest BCUT2D eigenvalue weighted by atomic mass is 16.3. The first-order chi connectivity index (χ1) is 17.8. The average molecular weight is 498 g/mol. The van der Waals surface area contributed by atoms with Crippen molar-refractivity contribution in [1.82, 2.24) is 20.5 Å². The molecule has 0 atom stereocenters. The molecular formula is C30H35N5O2. The summed E-state index contributed by atoms with van der Waals surface area (Å²) in [6.45, 7) is 6.94. The Bertz CT molecular complexity index is 1360. The Labute approximate surface area is 217 Å². The van der Waals surface area contributed by atoms with Crippen molar-refractivity contribution in [2.75, 3.05) is 5.32 Å². The van der Waals surface area contributed by atoms with E-state index < -0.39 is 0 Å². The molecule has 0 aliphatic heterocycles. The maximum atomic E-state index is 12.7. The van der Waals surface area contributed by atoms with Gasteiger partial charge in [0.2, 0.25) is 0 Å². The van der Waals surface area contributed by atoms with Gasteiger partial charge in [-0.2, -0.15) is 5.10 Å². The third-order valence-corrected chi connectivity index (χ3v) is 7.23. The molecule has 37 heavy (non-hydrogen) atoms.